The van der Waals surface area contributed by atoms with E-state index in [1.54, 1.807) is 48.6 Å². The molecule has 1 saturated heterocycles. The predicted octanol–water partition coefficient (Wildman–Crippen LogP) is 6.64. The lowest BCUT2D eigenvalue weighted by molar-refractivity contribution is -0.112. The Bertz CT molecular complexity index is 1340. The lowest BCUT2D eigenvalue weighted by atomic mass is 9.94. The number of rotatable bonds is 4. The Labute approximate surface area is 200 Å². The number of hydrogen-bond acceptors (Lipinski definition) is 4. The molecule has 0 N–H and O–H groups in total. The van der Waals surface area contributed by atoms with E-state index >= 15 is 0 Å². The average molecular weight is 471 g/mol. The molecule has 1 aliphatic rings. The average Bonchev–Trinajstić information content (AvgIpc) is 3.35. The van der Waals surface area contributed by atoms with Crippen LogP contribution in [0.25, 0.3) is 23.4 Å². The molecule has 3 aromatic carbocycles. The highest BCUT2D eigenvalue weighted by molar-refractivity contribution is 7.14. The predicted molar refractivity (Wildman–Crippen MR) is 134 cm³/mol. The minimum absolute atomic E-state index is 0.220. The van der Waals surface area contributed by atoms with Crippen LogP contribution in [0.5, 0.6) is 0 Å². The van der Waals surface area contributed by atoms with Gasteiger partial charge in [0.1, 0.15) is 11.6 Å². The molecule has 0 amide bonds. The number of aromatic nitrogens is 1. The summed E-state index contributed by atoms with van der Waals surface area (Å²) in [7, 11) is 0. The number of halogens is 2. The SMILES string of the molecule is O=C1/C(=C/c2ccccc2F)CN(c2nc(-c3ccccc3)cs2)C/C1=C\c1ccccc1F. The Morgan fingerprint density at radius 2 is 1.29 bits per heavy atom. The van der Waals surface area contributed by atoms with Crippen molar-refractivity contribution < 1.29 is 13.6 Å². The third-order valence-corrected chi connectivity index (χ3v) is 6.51. The molecule has 1 fully saturated rings. The molecule has 0 unspecified atom stereocenters. The summed E-state index contributed by atoms with van der Waals surface area (Å²) in [5.41, 5.74) is 3.37. The minimum atomic E-state index is -0.403. The van der Waals surface area contributed by atoms with E-state index in [1.165, 1.54) is 23.5 Å². The Balaban J connectivity index is 1.55. The summed E-state index contributed by atoms with van der Waals surface area (Å²) in [4.78, 5) is 20.1. The van der Waals surface area contributed by atoms with Gasteiger partial charge in [-0.1, -0.05) is 66.7 Å². The number of hydrogen-bond donors (Lipinski definition) is 0. The van der Waals surface area contributed by atoms with Crippen molar-refractivity contribution in [2.24, 2.45) is 0 Å². The molecule has 4 aromatic rings. The van der Waals surface area contributed by atoms with Crippen LogP contribution in [0.4, 0.5) is 13.9 Å². The molecule has 34 heavy (non-hydrogen) atoms. The molecule has 3 nitrogen and oxygen atoms in total. The highest BCUT2D eigenvalue weighted by Gasteiger charge is 2.28. The monoisotopic (exact) mass is 470 g/mol. The first-order valence-corrected chi connectivity index (χ1v) is 11.7. The van der Waals surface area contributed by atoms with Crippen LogP contribution < -0.4 is 4.90 Å². The fourth-order valence-electron chi connectivity index (χ4n) is 3.89. The van der Waals surface area contributed by atoms with Crippen LogP contribution in [0.3, 0.4) is 0 Å². The Morgan fingerprint density at radius 3 is 1.85 bits per heavy atom. The molecule has 1 aromatic heterocycles. The lowest BCUT2D eigenvalue weighted by Gasteiger charge is -2.29. The fourth-order valence-corrected chi connectivity index (χ4v) is 4.72. The number of Topliss-reactive ketones (excluding diaryl/α,β-unsaturated/α-hetero) is 1. The van der Waals surface area contributed by atoms with E-state index in [0.717, 1.165) is 16.4 Å². The number of thiazole rings is 1. The second-order valence-corrected chi connectivity index (χ2v) is 8.79. The summed E-state index contributed by atoms with van der Waals surface area (Å²) in [6, 6.07) is 22.5. The van der Waals surface area contributed by atoms with Gasteiger partial charge in [0.25, 0.3) is 0 Å². The minimum Gasteiger partial charge on any atom is -0.339 e. The Kier molecular flexibility index (Phi) is 6.14. The molecule has 0 spiro atoms. The maximum Gasteiger partial charge on any atom is 0.188 e. The third-order valence-electron chi connectivity index (χ3n) is 5.61. The maximum absolute atomic E-state index is 14.3. The van der Waals surface area contributed by atoms with Crippen molar-refractivity contribution in [2.75, 3.05) is 18.0 Å². The van der Waals surface area contributed by atoms with Crippen LogP contribution in [0, 0.1) is 11.6 Å². The van der Waals surface area contributed by atoms with E-state index in [9.17, 15) is 13.6 Å². The van der Waals surface area contributed by atoms with Crippen LogP contribution >= 0.6 is 11.3 Å². The first-order chi connectivity index (χ1) is 16.6. The summed E-state index contributed by atoms with van der Waals surface area (Å²) < 4.78 is 28.7. The standard InChI is InChI=1S/C28H20F2N2OS/c29-24-12-6-4-10-20(24)14-22-16-32(28-31-26(18-34-28)19-8-2-1-3-9-19)17-23(27(22)33)15-21-11-5-7-13-25(21)30/h1-15,18H,16-17H2/b22-14+,23-15+. The van der Waals surface area contributed by atoms with Gasteiger partial charge in [-0.25, -0.2) is 13.8 Å². The molecule has 168 valence electrons. The van der Waals surface area contributed by atoms with Crippen LogP contribution in [-0.4, -0.2) is 23.9 Å². The van der Waals surface area contributed by atoms with Gasteiger partial charge in [0.15, 0.2) is 10.9 Å². The second-order valence-electron chi connectivity index (χ2n) is 7.95. The number of carbonyl (C=O) groups excluding carboxylic acids is 1. The fraction of sp³-hybridized carbons (Fsp3) is 0.0714. The van der Waals surface area contributed by atoms with Crippen molar-refractivity contribution >= 4 is 34.4 Å². The van der Waals surface area contributed by atoms with E-state index in [-0.39, 0.29) is 18.9 Å². The van der Waals surface area contributed by atoms with E-state index < -0.39 is 11.6 Å². The number of carbonyl (C=O) groups is 1. The van der Waals surface area contributed by atoms with Gasteiger partial charge in [-0.15, -0.1) is 11.3 Å². The largest absolute Gasteiger partial charge is 0.339 e. The molecule has 6 heteroatoms. The summed E-state index contributed by atoms with van der Waals surface area (Å²) in [5.74, 6) is -1.03. The highest BCUT2D eigenvalue weighted by atomic mass is 32.1. The first-order valence-electron chi connectivity index (χ1n) is 10.8. The van der Waals surface area contributed by atoms with Crippen LogP contribution in [0.15, 0.2) is 95.4 Å². The van der Waals surface area contributed by atoms with Crippen LogP contribution in [0.1, 0.15) is 11.1 Å². The zero-order valence-corrected chi connectivity index (χ0v) is 18.9. The van der Waals surface area contributed by atoms with E-state index in [2.05, 4.69) is 0 Å². The summed E-state index contributed by atoms with van der Waals surface area (Å²) in [6.45, 7) is 0.563. The zero-order chi connectivity index (χ0) is 23.5. The van der Waals surface area contributed by atoms with E-state index in [0.29, 0.717) is 22.3 Å². The summed E-state index contributed by atoms with van der Waals surface area (Å²) in [5, 5.41) is 2.71. The number of benzene rings is 3. The van der Waals surface area contributed by atoms with Crippen LogP contribution in [0.2, 0.25) is 0 Å². The Morgan fingerprint density at radius 1 is 0.765 bits per heavy atom. The van der Waals surface area contributed by atoms with Gasteiger partial charge in [-0.3, -0.25) is 4.79 Å². The van der Waals surface area contributed by atoms with Gasteiger partial charge < -0.3 is 4.90 Å². The topological polar surface area (TPSA) is 33.2 Å². The van der Waals surface area contributed by atoms with Crippen molar-refractivity contribution in [1.29, 1.82) is 0 Å². The van der Waals surface area contributed by atoms with Gasteiger partial charge >= 0.3 is 0 Å². The second kappa shape index (κ2) is 9.53. The van der Waals surface area contributed by atoms with Gasteiger partial charge in [-0.05, 0) is 24.3 Å². The van der Waals surface area contributed by atoms with Gasteiger partial charge in [0, 0.05) is 46.3 Å². The number of nitrogens with zero attached hydrogens (tertiary/aromatic N) is 2. The van der Waals surface area contributed by atoms with Gasteiger partial charge in [0.2, 0.25) is 0 Å². The number of piperidine rings is 1. The molecular formula is C28H20F2N2OS. The maximum atomic E-state index is 14.3. The normalized spacial score (nSPS) is 16.4. The molecule has 0 bridgehead atoms. The number of anilines is 1. The quantitative estimate of drug-likeness (QED) is 0.313. The van der Waals surface area contributed by atoms with Crippen molar-refractivity contribution in [3.05, 3.63) is 118 Å². The first kappa shape index (κ1) is 21.9. The molecule has 5 rings (SSSR count). The Hall–Kier alpha value is -3.90. The molecule has 1 aliphatic heterocycles. The molecule has 0 radical (unpaired) electrons. The van der Waals surface area contributed by atoms with Crippen molar-refractivity contribution in [3.8, 4) is 11.3 Å². The lowest BCUT2D eigenvalue weighted by Crippen LogP contribution is -2.37. The van der Waals surface area contributed by atoms with E-state index in [4.69, 9.17) is 4.98 Å². The smallest absolute Gasteiger partial charge is 0.188 e. The van der Waals surface area contributed by atoms with Gasteiger partial charge in [0.05, 0.1) is 5.69 Å². The molecular weight excluding hydrogens is 450 g/mol. The number of ketones is 1. The summed E-state index contributed by atoms with van der Waals surface area (Å²) in [6.07, 6.45) is 3.15. The van der Waals surface area contributed by atoms with Crippen molar-refractivity contribution in [1.82, 2.24) is 4.98 Å². The third kappa shape index (κ3) is 4.58. The molecule has 0 atom stereocenters. The summed E-state index contributed by atoms with van der Waals surface area (Å²) >= 11 is 1.48. The molecule has 0 aliphatic carbocycles. The highest BCUT2D eigenvalue weighted by Crippen LogP contribution is 2.32. The van der Waals surface area contributed by atoms with Crippen molar-refractivity contribution in [3.63, 3.8) is 0 Å². The molecule has 2 heterocycles. The zero-order valence-electron chi connectivity index (χ0n) is 18.1. The van der Waals surface area contributed by atoms with Gasteiger partial charge in [-0.2, -0.15) is 0 Å². The van der Waals surface area contributed by atoms with Crippen LogP contribution in [-0.2, 0) is 4.79 Å². The van der Waals surface area contributed by atoms with Crippen molar-refractivity contribution in [2.45, 2.75) is 0 Å². The van der Waals surface area contributed by atoms with E-state index in [1.807, 2.05) is 40.6 Å². The molecule has 0 saturated carbocycles.